The highest BCUT2D eigenvalue weighted by Gasteiger charge is 2.23. The first-order valence-corrected chi connectivity index (χ1v) is 3.09. The van der Waals surface area contributed by atoms with Crippen molar-refractivity contribution in [1.29, 1.82) is 0 Å². The van der Waals surface area contributed by atoms with Crippen LogP contribution in [-0.2, 0) is 9.59 Å². The van der Waals surface area contributed by atoms with E-state index in [-0.39, 0.29) is 24.7 Å². The molecule has 0 saturated carbocycles. The monoisotopic (exact) mass is 154 g/mol. The average molecular weight is 154 g/mol. The molecule has 0 atom stereocenters. The fraction of sp³-hybridized carbons (Fsp3) is 0.600. The number of hydrogen-bond donors (Lipinski definition) is 1. The summed E-state index contributed by atoms with van der Waals surface area (Å²) in [6.45, 7) is 0. The van der Waals surface area contributed by atoms with E-state index in [4.69, 9.17) is 5.53 Å². The molecule has 1 fully saturated rings. The lowest BCUT2D eigenvalue weighted by atomic mass is 10.1. The van der Waals surface area contributed by atoms with E-state index >= 15 is 0 Å². The Morgan fingerprint density at radius 3 is 2.45 bits per heavy atom. The second-order valence-corrected chi connectivity index (χ2v) is 2.24. The van der Waals surface area contributed by atoms with Gasteiger partial charge in [0.05, 0.1) is 6.04 Å². The van der Waals surface area contributed by atoms with Gasteiger partial charge in [0.1, 0.15) is 0 Å². The first-order chi connectivity index (χ1) is 5.22. The van der Waals surface area contributed by atoms with Gasteiger partial charge < -0.3 is 0 Å². The molecule has 0 aromatic rings. The lowest BCUT2D eigenvalue weighted by molar-refractivity contribution is -0.133. The number of imide groups is 1. The molecule has 6 heteroatoms. The van der Waals surface area contributed by atoms with Crippen LogP contribution in [0.5, 0.6) is 0 Å². The molecule has 0 spiro atoms. The quantitative estimate of drug-likeness (QED) is 0.251. The van der Waals surface area contributed by atoms with Gasteiger partial charge in [-0.25, -0.2) is 0 Å². The molecule has 0 aromatic carbocycles. The minimum Gasteiger partial charge on any atom is -0.296 e. The predicted octanol–water partition coefficient (Wildman–Crippen LogP) is 0.102. The van der Waals surface area contributed by atoms with Crippen LogP contribution in [0.4, 0.5) is 0 Å². The van der Waals surface area contributed by atoms with Crippen molar-refractivity contribution in [3.8, 4) is 0 Å². The van der Waals surface area contributed by atoms with Crippen LogP contribution in [0.25, 0.3) is 10.4 Å². The van der Waals surface area contributed by atoms with Crippen molar-refractivity contribution in [1.82, 2.24) is 5.32 Å². The van der Waals surface area contributed by atoms with Gasteiger partial charge in [-0.05, 0) is 5.53 Å². The van der Waals surface area contributed by atoms with Crippen molar-refractivity contribution in [3.63, 3.8) is 0 Å². The lowest BCUT2D eigenvalue weighted by Crippen LogP contribution is -2.39. The van der Waals surface area contributed by atoms with Crippen LogP contribution in [0.1, 0.15) is 12.8 Å². The zero-order valence-electron chi connectivity index (χ0n) is 5.65. The van der Waals surface area contributed by atoms with Gasteiger partial charge in [-0.2, -0.15) is 0 Å². The van der Waals surface area contributed by atoms with Crippen molar-refractivity contribution in [2.45, 2.75) is 18.9 Å². The Bertz CT molecular complexity index is 227. The third-order valence-electron chi connectivity index (χ3n) is 1.34. The zero-order valence-corrected chi connectivity index (χ0v) is 5.65. The summed E-state index contributed by atoms with van der Waals surface area (Å²) < 4.78 is 0. The van der Waals surface area contributed by atoms with Crippen molar-refractivity contribution in [2.75, 3.05) is 0 Å². The Morgan fingerprint density at radius 2 is 2.00 bits per heavy atom. The first-order valence-electron chi connectivity index (χ1n) is 3.09. The number of nitrogens with zero attached hydrogens (tertiary/aromatic N) is 3. The minimum atomic E-state index is -0.499. The Balaban J connectivity index is 2.63. The number of carbonyl (C=O) groups is 2. The van der Waals surface area contributed by atoms with Crippen molar-refractivity contribution >= 4 is 11.8 Å². The standard InChI is InChI=1S/C5H6N4O2/c6-9-8-3-1-4(10)7-5(11)2-3/h3H,1-2H2,(H,7,10,11). The SMILES string of the molecule is [N-]=[N+]=NC1CC(=O)NC(=O)C1. The molecule has 1 N–H and O–H groups in total. The maximum atomic E-state index is 10.6. The molecule has 6 nitrogen and oxygen atoms in total. The van der Waals surface area contributed by atoms with Crippen molar-refractivity contribution in [2.24, 2.45) is 5.11 Å². The molecule has 0 aliphatic carbocycles. The smallest absolute Gasteiger partial charge is 0.226 e. The summed E-state index contributed by atoms with van der Waals surface area (Å²) in [7, 11) is 0. The molecule has 11 heavy (non-hydrogen) atoms. The molecule has 0 aromatic heterocycles. The molecule has 1 heterocycles. The summed E-state index contributed by atoms with van der Waals surface area (Å²) in [5, 5.41) is 5.39. The minimum absolute atomic E-state index is 0.107. The van der Waals surface area contributed by atoms with Gasteiger partial charge in [0.2, 0.25) is 11.8 Å². The van der Waals surface area contributed by atoms with Crippen molar-refractivity contribution in [3.05, 3.63) is 10.4 Å². The van der Waals surface area contributed by atoms with Crippen LogP contribution in [-0.4, -0.2) is 17.9 Å². The summed E-state index contributed by atoms with van der Waals surface area (Å²) >= 11 is 0. The van der Waals surface area contributed by atoms with Crippen LogP contribution in [0, 0.1) is 0 Å². The number of rotatable bonds is 1. The van der Waals surface area contributed by atoms with E-state index in [9.17, 15) is 9.59 Å². The van der Waals surface area contributed by atoms with Gasteiger partial charge in [0.15, 0.2) is 0 Å². The topological polar surface area (TPSA) is 94.9 Å². The van der Waals surface area contributed by atoms with Gasteiger partial charge in [-0.1, -0.05) is 5.11 Å². The maximum Gasteiger partial charge on any atom is 0.226 e. The van der Waals surface area contributed by atoms with Gasteiger partial charge in [0, 0.05) is 17.8 Å². The molecule has 1 rings (SSSR count). The molecule has 2 amide bonds. The summed E-state index contributed by atoms with van der Waals surface area (Å²) in [6.07, 6.45) is 0.214. The van der Waals surface area contributed by atoms with E-state index < -0.39 is 6.04 Å². The fourth-order valence-electron chi connectivity index (χ4n) is 0.912. The number of hydrogen-bond acceptors (Lipinski definition) is 3. The van der Waals surface area contributed by atoms with E-state index in [1.54, 1.807) is 0 Å². The van der Waals surface area contributed by atoms with Gasteiger partial charge >= 0.3 is 0 Å². The van der Waals surface area contributed by atoms with Crippen LogP contribution in [0.2, 0.25) is 0 Å². The summed E-state index contributed by atoms with van der Waals surface area (Å²) in [5.74, 6) is -0.752. The molecule has 1 aliphatic heterocycles. The summed E-state index contributed by atoms with van der Waals surface area (Å²) in [4.78, 5) is 23.8. The number of amides is 2. The third-order valence-corrected chi connectivity index (χ3v) is 1.34. The third kappa shape index (κ3) is 1.94. The lowest BCUT2D eigenvalue weighted by Gasteiger charge is -2.15. The van der Waals surface area contributed by atoms with Gasteiger partial charge in [0.25, 0.3) is 0 Å². The van der Waals surface area contributed by atoms with Crippen molar-refractivity contribution < 1.29 is 9.59 Å². The normalized spacial score (nSPS) is 18.9. The molecule has 1 aliphatic rings. The van der Waals surface area contributed by atoms with Crippen LogP contribution in [0.15, 0.2) is 5.11 Å². The zero-order chi connectivity index (χ0) is 8.27. The van der Waals surface area contributed by atoms with Crippen LogP contribution >= 0.6 is 0 Å². The van der Waals surface area contributed by atoms with E-state index in [1.807, 2.05) is 0 Å². The van der Waals surface area contributed by atoms with E-state index in [0.29, 0.717) is 0 Å². The number of carbonyl (C=O) groups excluding carboxylic acids is 2. The number of azide groups is 1. The summed E-state index contributed by atoms with van der Waals surface area (Å²) in [5.41, 5.74) is 8.01. The number of nitrogens with one attached hydrogen (secondary N) is 1. The van der Waals surface area contributed by atoms with E-state index in [0.717, 1.165) is 0 Å². The highest BCUT2D eigenvalue weighted by atomic mass is 16.2. The van der Waals surface area contributed by atoms with Gasteiger partial charge in [-0.3, -0.25) is 14.9 Å². The summed E-state index contributed by atoms with van der Waals surface area (Å²) in [6, 6.07) is -0.499. The molecule has 58 valence electrons. The second kappa shape index (κ2) is 3.03. The molecule has 0 radical (unpaired) electrons. The Hall–Kier alpha value is -1.55. The van der Waals surface area contributed by atoms with Gasteiger partial charge in [-0.15, -0.1) is 0 Å². The fourth-order valence-corrected chi connectivity index (χ4v) is 0.912. The van der Waals surface area contributed by atoms with Crippen LogP contribution in [0.3, 0.4) is 0 Å². The predicted molar refractivity (Wildman–Crippen MR) is 35.3 cm³/mol. The first kappa shape index (κ1) is 7.56. The van der Waals surface area contributed by atoms with Crippen LogP contribution < -0.4 is 5.32 Å². The second-order valence-electron chi connectivity index (χ2n) is 2.24. The van der Waals surface area contributed by atoms with E-state index in [2.05, 4.69) is 15.3 Å². The Morgan fingerprint density at radius 1 is 1.45 bits per heavy atom. The molecular formula is C5H6N4O2. The average Bonchev–Trinajstić information content (AvgIpc) is 1.85. The highest BCUT2D eigenvalue weighted by Crippen LogP contribution is 2.08. The number of piperidine rings is 1. The highest BCUT2D eigenvalue weighted by molar-refractivity contribution is 5.98. The molecule has 1 saturated heterocycles. The molecule has 0 bridgehead atoms. The molecule has 0 unspecified atom stereocenters. The Labute approximate surface area is 62.2 Å². The molecular weight excluding hydrogens is 148 g/mol. The maximum absolute atomic E-state index is 10.6. The largest absolute Gasteiger partial charge is 0.296 e. The van der Waals surface area contributed by atoms with E-state index in [1.165, 1.54) is 0 Å². The Kier molecular flexibility index (Phi) is 2.08.